The highest BCUT2D eigenvalue weighted by Gasteiger charge is 2.45. The molecule has 2 aliphatic heterocycles. The van der Waals surface area contributed by atoms with Crippen molar-refractivity contribution in [2.75, 3.05) is 25.9 Å². The smallest absolute Gasteiger partial charge is 0.220 e. The molecule has 0 aromatic rings. The van der Waals surface area contributed by atoms with Crippen molar-refractivity contribution in [3.8, 4) is 0 Å². The fourth-order valence-corrected chi connectivity index (χ4v) is 3.15. The van der Waals surface area contributed by atoms with Crippen LogP contribution in [-0.2, 0) is 14.8 Å². The van der Waals surface area contributed by atoms with Crippen LogP contribution in [0, 0.1) is 5.41 Å². The fourth-order valence-electron chi connectivity index (χ4n) is 2.22. The second-order valence-corrected chi connectivity index (χ2v) is 6.28. The van der Waals surface area contributed by atoms with Crippen LogP contribution in [0.5, 0.6) is 0 Å². The molecule has 0 bridgehead atoms. The first-order valence-corrected chi connectivity index (χ1v) is 6.48. The van der Waals surface area contributed by atoms with Gasteiger partial charge in [0.15, 0.2) is 0 Å². The predicted molar refractivity (Wildman–Crippen MR) is 51.1 cm³/mol. The molecule has 80 valence electrons. The van der Waals surface area contributed by atoms with Gasteiger partial charge in [0, 0.05) is 31.5 Å². The van der Waals surface area contributed by atoms with E-state index in [1.807, 2.05) is 0 Å². The Labute approximate surface area is 83.5 Å². The van der Waals surface area contributed by atoms with E-state index in [9.17, 15) is 13.2 Å². The largest absolute Gasteiger partial charge is 0.355 e. The molecule has 2 heterocycles. The minimum Gasteiger partial charge on any atom is -0.355 e. The number of carbonyl (C=O) groups excluding carboxylic acids is 1. The van der Waals surface area contributed by atoms with Gasteiger partial charge in [-0.1, -0.05) is 0 Å². The van der Waals surface area contributed by atoms with E-state index in [0.29, 0.717) is 26.1 Å². The summed E-state index contributed by atoms with van der Waals surface area (Å²) in [6.45, 7) is 1.66. The Balaban J connectivity index is 2.12. The molecule has 1 spiro atoms. The maximum absolute atomic E-state index is 11.3. The van der Waals surface area contributed by atoms with Gasteiger partial charge in [0.1, 0.15) is 0 Å². The monoisotopic (exact) mass is 218 g/mol. The number of hydrogen-bond acceptors (Lipinski definition) is 3. The highest BCUT2D eigenvalue weighted by molar-refractivity contribution is 7.88. The molecule has 6 heteroatoms. The van der Waals surface area contributed by atoms with Gasteiger partial charge in [-0.3, -0.25) is 4.79 Å². The normalized spacial score (nSPS) is 33.9. The van der Waals surface area contributed by atoms with E-state index in [2.05, 4.69) is 5.32 Å². The highest BCUT2D eigenvalue weighted by atomic mass is 32.2. The fraction of sp³-hybridized carbons (Fsp3) is 0.875. The van der Waals surface area contributed by atoms with Crippen LogP contribution in [0.1, 0.15) is 12.8 Å². The van der Waals surface area contributed by atoms with E-state index < -0.39 is 10.0 Å². The summed E-state index contributed by atoms with van der Waals surface area (Å²) in [5.41, 5.74) is -0.125. The third-order valence-electron chi connectivity index (χ3n) is 3.07. The SMILES string of the molecule is CS(=O)(=O)N1CCC2(CNC(=O)C2)C1. The Hall–Kier alpha value is -0.620. The van der Waals surface area contributed by atoms with Crippen molar-refractivity contribution in [2.45, 2.75) is 12.8 Å². The van der Waals surface area contributed by atoms with Gasteiger partial charge in [-0.25, -0.2) is 12.7 Å². The predicted octanol–water partition coefficient (Wildman–Crippen LogP) is -0.842. The summed E-state index contributed by atoms with van der Waals surface area (Å²) in [5, 5.41) is 2.76. The molecular formula is C8H14N2O3S. The topological polar surface area (TPSA) is 66.5 Å². The van der Waals surface area contributed by atoms with Crippen LogP contribution >= 0.6 is 0 Å². The van der Waals surface area contributed by atoms with Crippen LogP contribution in [0.15, 0.2) is 0 Å². The van der Waals surface area contributed by atoms with Crippen molar-refractivity contribution in [1.82, 2.24) is 9.62 Å². The summed E-state index contributed by atoms with van der Waals surface area (Å²) in [4.78, 5) is 11.1. The van der Waals surface area contributed by atoms with Crippen LogP contribution in [0.3, 0.4) is 0 Å². The van der Waals surface area contributed by atoms with E-state index in [4.69, 9.17) is 0 Å². The molecule has 0 radical (unpaired) electrons. The minimum atomic E-state index is -3.09. The first kappa shape index (κ1) is 9.92. The molecule has 0 aromatic heterocycles. The summed E-state index contributed by atoms with van der Waals surface area (Å²) >= 11 is 0. The van der Waals surface area contributed by atoms with Crippen molar-refractivity contribution >= 4 is 15.9 Å². The van der Waals surface area contributed by atoms with E-state index in [1.165, 1.54) is 10.6 Å². The molecule has 5 nitrogen and oxygen atoms in total. The molecule has 14 heavy (non-hydrogen) atoms. The number of rotatable bonds is 1. The summed E-state index contributed by atoms with van der Waals surface area (Å²) in [6, 6.07) is 0. The lowest BCUT2D eigenvalue weighted by atomic mass is 9.86. The Morgan fingerprint density at radius 3 is 2.64 bits per heavy atom. The molecule has 0 aromatic carbocycles. The zero-order valence-electron chi connectivity index (χ0n) is 8.12. The van der Waals surface area contributed by atoms with E-state index in [0.717, 1.165) is 6.42 Å². The van der Waals surface area contributed by atoms with Gasteiger partial charge in [-0.2, -0.15) is 0 Å². The van der Waals surface area contributed by atoms with Crippen molar-refractivity contribution < 1.29 is 13.2 Å². The van der Waals surface area contributed by atoms with Gasteiger partial charge in [-0.05, 0) is 6.42 Å². The van der Waals surface area contributed by atoms with Crippen molar-refractivity contribution in [2.24, 2.45) is 5.41 Å². The molecular weight excluding hydrogens is 204 g/mol. The Morgan fingerprint density at radius 1 is 1.50 bits per heavy atom. The van der Waals surface area contributed by atoms with E-state index in [-0.39, 0.29) is 11.3 Å². The minimum absolute atomic E-state index is 0.0420. The maximum Gasteiger partial charge on any atom is 0.220 e. The molecule has 2 aliphatic rings. The number of nitrogens with one attached hydrogen (secondary N) is 1. The molecule has 1 unspecified atom stereocenters. The van der Waals surface area contributed by atoms with Crippen LogP contribution in [0.2, 0.25) is 0 Å². The quantitative estimate of drug-likeness (QED) is 0.624. The average molecular weight is 218 g/mol. The van der Waals surface area contributed by atoms with Gasteiger partial charge in [0.2, 0.25) is 15.9 Å². The Kier molecular flexibility index (Phi) is 2.08. The third kappa shape index (κ3) is 1.64. The maximum atomic E-state index is 11.3. The first-order valence-electron chi connectivity index (χ1n) is 4.63. The lowest BCUT2D eigenvalue weighted by Gasteiger charge is -2.20. The molecule has 2 rings (SSSR count). The first-order chi connectivity index (χ1) is 6.41. The standard InChI is InChI=1S/C8H14N2O3S/c1-14(12,13)10-3-2-8(6-10)4-7(11)9-5-8/h2-6H2,1H3,(H,9,11). The summed E-state index contributed by atoms with van der Waals surface area (Å²) in [7, 11) is -3.09. The molecule has 1 atom stereocenters. The number of carbonyl (C=O) groups is 1. The van der Waals surface area contributed by atoms with Gasteiger partial charge >= 0.3 is 0 Å². The summed E-state index contributed by atoms with van der Waals surface area (Å²) < 4.78 is 24.0. The van der Waals surface area contributed by atoms with Crippen LogP contribution < -0.4 is 5.32 Å². The zero-order chi connectivity index (χ0) is 10.4. The second kappa shape index (κ2) is 2.93. The van der Waals surface area contributed by atoms with E-state index >= 15 is 0 Å². The zero-order valence-corrected chi connectivity index (χ0v) is 8.93. The Morgan fingerprint density at radius 2 is 2.21 bits per heavy atom. The van der Waals surface area contributed by atoms with E-state index in [1.54, 1.807) is 0 Å². The van der Waals surface area contributed by atoms with Crippen LogP contribution in [-0.4, -0.2) is 44.5 Å². The second-order valence-electron chi connectivity index (χ2n) is 4.30. The summed E-state index contributed by atoms with van der Waals surface area (Å²) in [6.07, 6.45) is 2.48. The van der Waals surface area contributed by atoms with Gasteiger partial charge in [0.05, 0.1) is 6.26 Å². The van der Waals surface area contributed by atoms with Crippen molar-refractivity contribution in [3.63, 3.8) is 0 Å². The number of sulfonamides is 1. The number of amides is 1. The molecule has 2 saturated heterocycles. The average Bonchev–Trinajstić information content (AvgIpc) is 2.59. The molecule has 1 N–H and O–H groups in total. The number of hydrogen-bond donors (Lipinski definition) is 1. The summed E-state index contributed by atoms with van der Waals surface area (Å²) in [5.74, 6) is 0.0420. The molecule has 0 aliphatic carbocycles. The van der Waals surface area contributed by atoms with Crippen LogP contribution in [0.25, 0.3) is 0 Å². The lowest BCUT2D eigenvalue weighted by Crippen LogP contribution is -2.32. The van der Waals surface area contributed by atoms with Gasteiger partial charge < -0.3 is 5.32 Å². The Bertz CT molecular complexity index is 365. The third-order valence-corrected chi connectivity index (χ3v) is 4.32. The van der Waals surface area contributed by atoms with Crippen LogP contribution in [0.4, 0.5) is 0 Å². The number of nitrogens with zero attached hydrogens (tertiary/aromatic N) is 1. The molecule has 2 fully saturated rings. The van der Waals surface area contributed by atoms with Gasteiger partial charge in [-0.15, -0.1) is 0 Å². The van der Waals surface area contributed by atoms with Crippen molar-refractivity contribution in [3.05, 3.63) is 0 Å². The lowest BCUT2D eigenvalue weighted by molar-refractivity contribution is -0.119. The van der Waals surface area contributed by atoms with Crippen molar-refractivity contribution in [1.29, 1.82) is 0 Å². The van der Waals surface area contributed by atoms with Gasteiger partial charge in [0.25, 0.3) is 0 Å². The highest BCUT2D eigenvalue weighted by Crippen LogP contribution is 2.37. The molecule has 1 amide bonds. The molecule has 0 saturated carbocycles.